The zero-order valence-corrected chi connectivity index (χ0v) is 17.6. The van der Waals surface area contributed by atoms with E-state index in [-0.39, 0.29) is 30.4 Å². The van der Waals surface area contributed by atoms with Crippen LogP contribution in [-0.4, -0.2) is 53.7 Å². The summed E-state index contributed by atoms with van der Waals surface area (Å²) in [5, 5.41) is 11.0. The van der Waals surface area contributed by atoms with Gasteiger partial charge in [0.05, 0.1) is 16.4 Å². The summed E-state index contributed by atoms with van der Waals surface area (Å²) in [6, 6.07) is 6.05. The number of nitro benzene ring substituents is 1. The van der Waals surface area contributed by atoms with Gasteiger partial charge >= 0.3 is 18.0 Å². The predicted molar refractivity (Wildman–Crippen MR) is 109 cm³/mol. The lowest BCUT2D eigenvalue weighted by atomic mass is 9.97. The van der Waals surface area contributed by atoms with Crippen LogP contribution in [0.1, 0.15) is 32.3 Å². The maximum absolute atomic E-state index is 12.3. The summed E-state index contributed by atoms with van der Waals surface area (Å²) in [5.41, 5.74) is 0.458. The van der Waals surface area contributed by atoms with Crippen LogP contribution in [0.25, 0.3) is 0 Å². The number of carbonyl (C=O) groups is 3. The number of benzene rings is 1. The van der Waals surface area contributed by atoms with Crippen molar-refractivity contribution in [3.63, 3.8) is 0 Å². The lowest BCUT2D eigenvalue weighted by Crippen LogP contribution is -2.41. The van der Waals surface area contributed by atoms with E-state index in [1.165, 1.54) is 24.0 Å². The van der Waals surface area contributed by atoms with Crippen molar-refractivity contribution >= 4 is 23.7 Å². The number of rotatable bonds is 8. The second-order valence-electron chi connectivity index (χ2n) is 7.33. The van der Waals surface area contributed by atoms with Crippen LogP contribution >= 0.6 is 0 Å². The fourth-order valence-electron chi connectivity index (χ4n) is 2.97. The minimum atomic E-state index is -0.592. The van der Waals surface area contributed by atoms with E-state index in [1.54, 1.807) is 19.1 Å². The number of hydrogen-bond acceptors (Lipinski definition) is 8. The van der Waals surface area contributed by atoms with Gasteiger partial charge in [0.2, 0.25) is 0 Å². The third kappa shape index (κ3) is 7.09. The largest absolute Gasteiger partial charge is 0.462 e. The third-order valence-corrected chi connectivity index (χ3v) is 4.74. The molecule has 0 spiro atoms. The first kappa shape index (κ1) is 23.8. The van der Waals surface area contributed by atoms with Crippen molar-refractivity contribution in [2.24, 2.45) is 5.92 Å². The highest BCUT2D eigenvalue weighted by atomic mass is 16.6. The fourth-order valence-corrected chi connectivity index (χ4v) is 2.97. The Hall–Kier alpha value is -3.43. The molecule has 0 aromatic heterocycles. The Morgan fingerprint density at radius 1 is 1.23 bits per heavy atom. The van der Waals surface area contributed by atoms with Crippen LogP contribution in [0, 0.1) is 16.0 Å². The van der Waals surface area contributed by atoms with Gasteiger partial charge in [-0.25, -0.2) is 9.59 Å². The molecule has 10 nitrogen and oxygen atoms in total. The second kappa shape index (κ2) is 11.1. The van der Waals surface area contributed by atoms with E-state index in [1.807, 2.05) is 0 Å². The summed E-state index contributed by atoms with van der Waals surface area (Å²) in [4.78, 5) is 47.9. The molecule has 1 fully saturated rings. The molecule has 0 aliphatic carbocycles. The second-order valence-corrected chi connectivity index (χ2v) is 7.33. The van der Waals surface area contributed by atoms with Gasteiger partial charge < -0.3 is 19.1 Å². The predicted octanol–water partition coefficient (Wildman–Crippen LogP) is 2.99. The van der Waals surface area contributed by atoms with Gasteiger partial charge in [-0.3, -0.25) is 14.9 Å². The van der Waals surface area contributed by atoms with E-state index >= 15 is 0 Å². The number of piperidine rings is 1. The Bertz CT molecular complexity index is 846. The number of hydrogen-bond donors (Lipinski definition) is 0. The SMILES string of the molecule is C=C(C)C(=O)OC(C)COC(=O)C1CCN(C(=O)OCc2ccccc2[N+](=O)[O-])CC1. The molecule has 0 bridgehead atoms. The van der Waals surface area contributed by atoms with E-state index in [0.717, 1.165) is 0 Å². The van der Waals surface area contributed by atoms with Gasteiger partial charge in [-0.1, -0.05) is 18.7 Å². The van der Waals surface area contributed by atoms with Crippen molar-refractivity contribution in [1.29, 1.82) is 0 Å². The monoisotopic (exact) mass is 434 g/mol. The Labute approximate surface area is 179 Å². The Morgan fingerprint density at radius 3 is 2.48 bits per heavy atom. The number of amides is 1. The maximum atomic E-state index is 12.3. The number of para-hydroxylation sites is 1. The topological polar surface area (TPSA) is 125 Å². The van der Waals surface area contributed by atoms with E-state index in [4.69, 9.17) is 14.2 Å². The standard InChI is InChI=1S/C21H26N2O8/c1-14(2)19(24)31-15(3)12-29-20(25)16-8-10-22(11-9-16)21(26)30-13-17-6-4-5-7-18(17)23(27)28/h4-7,15-16H,1,8-13H2,2-3H3. The van der Waals surface area contributed by atoms with Crippen molar-refractivity contribution in [3.8, 4) is 0 Å². The summed E-state index contributed by atoms with van der Waals surface area (Å²) in [7, 11) is 0. The van der Waals surface area contributed by atoms with Crippen molar-refractivity contribution in [1.82, 2.24) is 4.90 Å². The maximum Gasteiger partial charge on any atom is 0.410 e. The van der Waals surface area contributed by atoms with Crippen molar-refractivity contribution in [2.75, 3.05) is 19.7 Å². The Kier molecular flexibility index (Phi) is 8.53. The smallest absolute Gasteiger partial charge is 0.410 e. The fraction of sp³-hybridized carbons (Fsp3) is 0.476. The zero-order valence-electron chi connectivity index (χ0n) is 17.6. The lowest BCUT2D eigenvalue weighted by Gasteiger charge is -2.30. The molecule has 1 amide bonds. The van der Waals surface area contributed by atoms with E-state index < -0.39 is 29.1 Å². The lowest BCUT2D eigenvalue weighted by molar-refractivity contribution is -0.385. The Morgan fingerprint density at radius 2 is 1.87 bits per heavy atom. The van der Waals surface area contributed by atoms with Crippen LogP contribution in [0.3, 0.4) is 0 Å². The van der Waals surface area contributed by atoms with Crippen LogP contribution in [0.15, 0.2) is 36.4 Å². The molecule has 1 aromatic carbocycles. The highest BCUT2D eigenvalue weighted by Gasteiger charge is 2.30. The van der Waals surface area contributed by atoms with E-state index in [0.29, 0.717) is 31.5 Å². The van der Waals surface area contributed by atoms with Gasteiger partial charge in [0.1, 0.15) is 19.3 Å². The zero-order chi connectivity index (χ0) is 23.0. The molecule has 0 saturated carbocycles. The van der Waals surface area contributed by atoms with Gasteiger partial charge in [0, 0.05) is 24.7 Å². The first-order chi connectivity index (χ1) is 14.7. The quantitative estimate of drug-likeness (QED) is 0.201. The summed E-state index contributed by atoms with van der Waals surface area (Å²) >= 11 is 0. The number of nitrogens with zero attached hydrogens (tertiary/aromatic N) is 2. The average Bonchev–Trinajstić information content (AvgIpc) is 2.75. The molecule has 1 heterocycles. The van der Waals surface area contributed by atoms with Crippen LogP contribution in [-0.2, 0) is 30.4 Å². The molecule has 10 heteroatoms. The van der Waals surface area contributed by atoms with Crippen LogP contribution < -0.4 is 0 Å². The Balaban J connectivity index is 1.74. The molecule has 1 aliphatic rings. The normalized spacial score (nSPS) is 15.0. The van der Waals surface area contributed by atoms with E-state index in [2.05, 4.69) is 6.58 Å². The van der Waals surface area contributed by atoms with E-state index in [9.17, 15) is 24.5 Å². The highest BCUT2D eigenvalue weighted by molar-refractivity contribution is 5.87. The molecule has 1 unspecified atom stereocenters. The number of ether oxygens (including phenoxy) is 3. The van der Waals surface area contributed by atoms with Gasteiger partial charge in [0.25, 0.3) is 5.69 Å². The van der Waals surface area contributed by atoms with Crippen molar-refractivity contribution in [2.45, 2.75) is 39.4 Å². The summed E-state index contributed by atoms with van der Waals surface area (Å²) in [5.74, 6) is -1.33. The average molecular weight is 434 g/mol. The molecular formula is C21H26N2O8. The molecular weight excluding hydrogens is 408 g/mol. The molecule has 1 atom stereocenters. The van der Waals surface area contributed by atoms with Crippen LogP contribution in [0.4, 0.5) is 10.5 Å². The summed E-state index contributed by atoms with van der Waals surface area (Å²) in [6.45, 7) is 6.96. The summed E-state index contributed by atoms with van der Waals surface area (Å²) < 4.78 is 15.5. The number of likely N-dealkylation sites (tertiary alicyclic amines) is 1. The van der Waals surface area contributed by atoms with Crippen LogP contribution in [0.2, 0.25) is 0 Å². The molecule has 0 radical (unpaired) electrons. The molecule has 1 aromatic rings. The molecule has 1 saturated heterocycles. The first-order valence-corrected chi connectivity index (χ1v) is 9.86. The van der Waals surface area contributed by atoms with Gasteiger partial charge in [-0.05, 0) is 32.8 Å². The third-order valence-electron chi connectivity index (χ3n) is 4.74. The number of esters is 2. The van der Waals surface area contributed by atoms with Crippen molar-refractivity contribution < 1.29 is 33.5 Å². The molecule has 168 valence electrons. The van der Waals surface area contributed by atoms with Gasteiger partial charge in [-0.15, -0.1) is 0 Å². The molecule has 31 heavy (non-hydrogen) atoms. The number of nitro groups is 1. The highest BCUT2D eigenvalue weighted by Crippen LogP contribution is 2.22. The van der Waals surface area contributed by atoms with Crippen LogP contribution in [0.5, 0.6) is 0 Å². The van der Waals surface area contributed by atoms with Crippen molar-refractivity contribution in [3.05, 3.63) is 52.1 Å². The molecule has 2 rings (SSSR count). The first-order valence-electron chi connectivity index (χ1n) is 9.86. The minimum absolute atomic E-state index is 0.0596. The van der Waals surface area contributed by atoms with Gasteiger partial charge in [0.15, 0.2) is 0 Å². The molecule has 0 N–H and O–H groups in total. The van der Waals surface area contributed by atoms with Gasteiger partial charge in [-0.2, -0.15) is 0 Å². The minimum Gasteiger partial charge on any atom is -0.462 e. The molecule has 1 aliphatic heterocycles. The summed E-state index contributed by atoms with van der Waals surface area (Å²) in [6.07, 6.45) is -0.380. The number of carbonyl (C=O) groups excluding carboxylic acids is 3.